The summed E-state index contributed by atoms with van der Waals surface area (Å²) in [6, 6.07) is 3.04. The predicted molar refractivity (Wildman–Crippen MR) is 167 cm³/mol. The number of aromatic amines is 1. The molecule has 20 heteroatoms. The van der Waals surface area contributed by atoms with Crippen molar-refractivity contribution in [3.63, 3.8) is 0 Å². The van der Waals surface area contributed by atoms with E-state index in [1.165, 1.54) is 13.0 Å². The number of nitrogens with one attached hydrogen (secondary N) is 2. The number of aryl methyl sites for hydroxylation is 2. The second-order valence-corrected chi connectivity index (χ2v) is 14.4. The number of alkyl halides is 3. The van der Waals surface area contributed by atoms with Gasteiger partial charge in [-0.05, 0) is 67.5 Å². The van der Waals surface area contributed by atoms with Crippen LogP contribution in [0.15, 0.2) is 16.9 Å². The van der Waals surface area contributed by atoms with Gasteiger partial charge < -0.3 is 15.5 Å². The van der Waals surface area contributed by atoms with Crippen LogP contribution in [0.25, 0.3) is 0 Å². The number of esters is 1. The Bertz CT molecular complexity index is 1100. The molecule has 0 spiro atoms. The Morgan fingerprint density at radius 1 is 1.05 bits per heavy atom. The minimum absolute atomic E-state index is 0. The number of ketones is 1. The van der Waals surface area contributed by atoms with Gasteiger partial charge in [-0.3, -0.25) is 24.4 Å². The van der Waals surface area contributed by atoms with Gasteiger partial charge in [0.1, 0.15) is 23.2 Å². The van der Waals surface area contributed by atoms with Gasteiger partial charge in [0.2, 0.25) is 0 Å². The summed E-state index contributed by atoms with van der Waals surface area (Å²) in [5, 5.41) is 3.50. The molecule has 0 amide bonds. The van der Waals surface area contributed by atoms with Crippen molar-refractivity contribution in [2.45, 2.75) is 45.9 Å². The molecule has 0 unspecified atom stereocenters. The fraction of sp³-hybridized carbons (Fsp3) is 0.450. The summed E-state index contributed by atoms with van der Waals surface area (Å²) in [5.41, 5.74) is 5.92. The number of nitrogens with two attached hydrogens (primary N) is 1. The number of ether oxygens (including phenoxy) is 1. The van der Waals surface area contributed by atoms with Gasteiger partial charge in [0, 0.05) is 6.07 Å². The lowest BCUT2D eigenvalue weighted by atomic mass is 10.3. The first-order valence-corrected chi connectivity index (χ1v) is 16.7. The maximum absolute atomic E-state index is 10.7. The number of nitrogens with zero attached hydrogens (tertiary/aromatic N) is 3. The molecule has 0 aliphatic rings. The van der Waals surface area contributed by atoms with Crippen LogP contribution in [-0.2, 0) is 30.7 Å². The van der Waals surface area contributed by atoms with Crippen molar-refractivity contribution < 1.29 is 18.9 Å². The maximum Gasteiger partial charge on any atom is 0.339 e. The third-order valence-electron chi connectivity index (χ3n) is 2.84. The smallest absolute Gasteiger partial charge is 0.339 e. The molecule has 2 aromatic heterocycles. The zero-order valence-corrected chi connectivity index (χ0v) is 28.7. The van der Waals surface area contributed by atoms with E-state index in [-0.39, 0.29) is 47.8 Å². The van der Waals surface area contributed by atoms with Crippen LogP contribution in [0.2, 0.25) is 5.15 Å². The van der Waals surface area contributed by atoms with E-state index in [0.29, 0.717) is 35.0 Å². The lowest BCUT2D eigenvalue weighted by Gasteiger charge is -1.97. The van der Waals surface area contributed by atoms with E-state index < -0.39 is 11.2 Å². The quantitative estimate of drug-likeness (QED) is 0.0538. The van der Waals surface area contributed by atoms with Gasteiger partial charge in [0.25, 0.3) is 5.56 Å². The number of rotatable bonds is 6. The van der Waals surface area contributed by atoms with E-state index >= 15 is 0 Å². The fourth-order valence-electron chi connectivity index (χ4n) is 1.79. The van der Waals surface area contributed by atoms with Crippen molar-refractivity contribution in [3.05, 3.63) is 50.7 Å². The van der Waals surface area contributed by atoms with Crippen LogP contribution >= 0.6 is 97.7 Å². The van der Waals surface area contributed by atoms with Gasteiger partial charge in [0.15, 0.2) is 5.78 Å². The Morgan fingerprint density at radius 2 is 1.50 bits per heavy atom. The molecule has 230 valence electrons. The number of aromatic nitrogens is 4. The summed E-state index contributed by atoms with van der Waals surface area (Å²) in [6.07, 6.45) is -0.211. The van der Waals surface area contributed by atoms with Crippen LogP contribution in [-0.4, -0.2) is 50.0 Å². The zero-order valence-electron chi connectivity index (χ0n) is 21.7. The average molecular weight is 748 g/mol. The lowest BCUT2D eigenvalue weighted by molar-refractivity contribution is -0.145. The number of H-pyrrole nitrogens is 1. The molecule has 2 heterocycles. The normalized spacial score (nSPS) is 9.28. The fourth-order valence-corrected chi connectivity index (χ4v) is 2.40. The molecule has 40 heavy (non-hydrogen) atoms. The molecule has 0 atom stereocenters. The lowest BCUT2D eigenvalue weighted by Crippen LogP contribution is -2.11. The SMILES string of the molecule is CC(=N)N.CCOC(=O)CC(=O)CCl.Cc1nc(CCl)cc(=O)[nH]1.Cc1nc(Cl)cc(CCl)n1.Cl.O=P(Cl)(Cl)Cl. The van der Waals surface area contributed by atoms with Crippen molar-refractivity contribution >= 4 is 115 Å². The van der Waals surface area contributed by atoms with Crippen LogP contribution < -0.4 is 11.3 Å². The predicted octanol–water partition coefficient (Wildman–Crippen LogP) is 6.92. The molecule has 11 nitrogen and oxygen atoms in total. The molecule has 0 saturated carbocycles. The van der Waals surface area contributed by atoms with Crippen molar-refractivity contribution in [1.29, 1.82) is 5.41 Å². The standard InChI is InChI=1S/C6H6Cl2N2.C6H7ClN2O.C6H9ClO3.C2H6N2.Cl3OP.ClH/c1-4-9-5(3-7)2-6(8)10-4;1-4-8-5(3-7)2-6(10)9-4;1-2-10-6(9)3-5(8)4-7;1-2(3)4;1-5(2,3)4;/h2H,3H2,1H3;2H,3H2,1H3,(H,8,9,10);2-4H2,1H3;1H3,(H3,3,4);;1H. The molecule has 2 aromatic rings. The molecular formula is C20H29Cl8N6O5P. The highest BCUT2D eigenvalue weighted by Crippen LogP contribution is 2.61. The number of halogens is 8. The summed E-state index contributed by atoms with van der Waals surface area (Å²) < 4.78 is 14.0. The molecule has 0 radical (unpaired) electrons. The summed E-state index contributed by atoms with van der Waals surface area (Å²) in [5.74, 6) is 1.15. The summed E-state index contributed by atoms with van der Waals surface area (Å²) in [4.78, 5) is 46.1. The molecule has 0 bridgehead atoms. The Hall–Kier alpha value is -0.880. The van der Waals surface area contributed by atoms with E-state index in [0.717, 1.165) is 5.69 Å². The molecule has 2 rings (SSSR count). The molecule has 0 aromatic carbocycles. The highest BCUT2D eigenvalue weighted by Gasteiger charge is 2.07. The first-order chi connectivity index (χ1) is 17.9. The highest BCUT2D eigenvalue weighted by atomic mass is 36.0. The Morgan fingerprint density at radius 3 is 1.85 bits per heavy atom. The number of Topliss-reactive ketones (excluding diaryl/α,β-unsaturated/α-hetero) is 1. The largest absolute Gasteiger partial charge is 0.466 e. The second-order valence-electron chi connectivity index (χ2n) is 6.55. The monoisotopic (exact) mass is 744 g/mol. The van der Waals surface area contributed by atoms with E-state index in [1.54, 1.807) is 26.8 Å². The van der Waals surface area contributed by atoms with Crippen molar-refractivity contribution in [2.24, 2.45) is 5.73 Å². The average Bonchev–Trinajstić information content (AvgIpc) is 2.77. The summed E-state index contributed by atoms with van der Waals surface area (Å²) >= 11 is 35.6. The van der Waals surface area contributed by atoms with E-state index in [2.05, 4.69) is 58.4 Å². The Labute approximate surface area is 272 Å². The topological polar surface area (TPSA) is 182 Å². The highest BCUT2D eigenvalue weighted by molar-refractivity contribution is 8.24. The summed E-state index contributed by atoms with van der Waals surface area (Å²) in [7, 11) is 0. The van der Waals surface area contributed by atoms with Gasteiger partial charge in [-0.15, -0.1) is 47.2 Å². The summed E-state index contributed by atoms with van der Waals surface area (Å²) in [6.45, 7) is 7.01. The molecule has 0 aliphatic carbocycles. The van der Waals surface area contributed by atoms with Crippen LogP contribution in [0.1, 0.15) is 43.3 Å². The maximum atomic E-state index is 10.7. The number of hydrogen-bond donors (Lipinski definition) is 3. The minimum Gasteiger partial charge on any atom is -0.466 e. The molecule has 0 saturated heterocycles. The molecule has 0 fully saturated rings. The number of carbonyl (C=O) groups is 2. The molecule has 4 N–H and O–H groups in total. The first kappa shape index (κ1) is 46.1. The third-order valence-corrected chi connectivity index (χ3v) is 3.88. The van der Waals surface area contributed by atoms with Crippen LogP contribution in [0, 0.1) is 19.3 Å². The Kier molecular flexibility index (Phi) is 31.1. The van der Waals surface area contributed by atoms with Gasteiger partial charge in [-0.1, -0.05) is 11.6 Å². The van der Waals surface area contributed by atoms with E-state index in [4.69, 9.17) is 57.5 Å². The zero-order chi connectivity index (χ0) is 31.2. The van der Waals surface area contributed by atoms with Gasteiger partial charge in [-0.25, -0.2) is 15.0 Å². The number of carbonyl (C=O) groups excluding carboxylic acids is 2. The molecular weight excluding hydrogens is 719 g/mol. The van der Waals surface area contributed by atoms with Crippen LogP contribution in [0.5, 0.6) is 0 Å². The number of amidine groups is 1. The minimum atomic E-state index is -3.22. The third kappa shape index (κ3) is 37.1. The van der Waals surface area contributed by atoms with E-state index in [9.17, 15) is 18.9 Å². The second kappa shape index (κ2) is 27.0. The van der Waals surface area contributed by atoms with Crippen molar-refractivity contribution in [1.82, 2.24) is 19.9 Å². The van der Waals surface area contributed by atoms with Crippen LogP contribution in [0.4, 0.5) is 0 Å². The van der Waals surface area contributed by atoms with E-state index in [1.807, 2.05) is 0 Å². The number of hydrogen-bond acceptors (Lipinski definition) is 9. The Balaban J connectivity index is -0.000000210. The van der Waals surface area contributed by atoms with Crippen LogP contribution in [0.3, 0.4) is 0 Å². The van der Waals surface area contributed by atoms with Gasteiger partial charge >= 0.3 is 11.2 Å². The van der Waals surface area contributed by atoms with Gasteiger partial charge in [-0.2, -0.15) is 0 Å². The van der Waals surface area contributed by atoms with Crippen molar-refractivity contribution in [2.75, 3.05) is 12.5 Å². The molecule has 0 aliphatic heterocycles. The van der Waals surface area contributed by atoms with Crippen molar-refractivity contribution in [3.8, 4) is 0 Å². The van der Waals surface area contributed by atoms with Gasteiger partial charge in [0.05, 0.1) is 41.5 Å². The first-order valence-electron chi connectivity index (χ1n) is 10.3.